The second-order valence-electron chi connectivity index (χ2n) is 3.49. The Morgan fingerprint density at radius 1 is 1.27 bits per heavy atom. The van der Waals surface area contributed by atoms with Crippen molar-refractivity contribution in [1.82, 2.24) is 5.01 Å². The summed E-state index contributed by atoms with van der Waals surface area (Å²) in [5.74, 6) is 0.882. The van der Waals surface area contributed by atoms with Gasteiger partial charge in [-0.1, -0.05) is 19.9 Å². The Kier molecular flexibility index (Phi) is 4.43. The molecule has 0 amide bonds. The van der Waals surface area contributed by atoms with Gasteiger partial charge in [0.1, 0.15) is 5.75 Å². The van der Waals surface area contributed by atoms with Gasteiger partial charge in [-0.3, -0.25) is 0 Å². The molecule has 0 radical (unpaired) electrons. The van der Waals surface area contributed by atoms with Crippen molar-refractivity contribution < 1.29 is 4.74 Å². The summed E-state index contributed by atoms with van der Waals surface area (Å²) in [5, 5.41) is 2.14. The molecule has 0 aromatic heterocycles. The van der Waals surface area contributed by atoms with Crippen LogP contribution in [0.5, 0.6) is 5.75 Å². The SMILES string of the molecule is CCN(CC)Nc1cc(C)ccc1OC. The van der Waals surface area contributed by atoms with Gasteiger partial charge in [0.05, 0.1) is 12.8 Å². The van der Waals surface area contributed by atoms with Gasteiger partial charge in [-0.05, 0) is 24.6 Å². The molecule has 0 aliphatic heterocycles. The van der Waals surface area contributed by atoms with Crippen LogP contribution in [0.25, 0.3) is 0 Å². The Morgan fingerprint density at radius 3 is 2.47 bits per heavy atom. The highest BCUT2D eigenvalue weighted by molar-refractivity contribution is 5.57. The molecule has 0 heterocycles. The first-order valence-corrected chi connectivity index (χ1v) is 5.37. The lowest BCUT2D eigenvalue weighted by atomic mass is 10.2. The molecule has 1 rings (SSSR count). The van der Waals surface area contributed by atoms with Crippen molar-refractivity contribution in [2.24, 2.45) is 0 Å². The molecular weight excluding hydrogens is 188 g/mol. The maximum Gasteiger partial charge on any atom is 0.143 e. The Balaban J connectivity index is 2.86. The summed E-state index contributed by atoms with van der Waals surface area (Å²) in [5.41, 5.74) is 5.60. The number of hydrogen-bond donors (Lipinski definition) is 1. The lowest BCUT2D eigenvalue weighted by Gasteiger charge is -2.22. The molecule has 15 heavy (non-hydrogen) atoms. The van der Waals surface area contributed by atoms with Crippen molar-refractivity contribution in [2.45, 2.75) is 20.8 Å². The number of aryl methyl sites for hydroxylation is 1. The zero-order valence-corrected chi connectivity index (χ0v) is 10.0. The number of hydrogen-bond acceptors (Lipinski definition) is 3. The molecule has 3 nitrogen and oxygen atoms in total. The number of methoxy groups -OCH3 is 1. The number of rotatable bonds is 5. The molecule has 0 saturated heterocycles. The smallest absolute Gasteiger partial charge is 0.143 e. The maximum atomic E-state index is 5.30. The summed E-state index contributed by atoms with van der Waals surface area (Å²) < 4.78 is 5.30. The highest BCUT2D eigenvalue weighted by atomic mass is 16.5. The van der Waals surface area contributed by atoms with E-state index < -0.39 is 0 Å². The van der Waals surface area contributed by atoms with E-state index in [4.69, 9.17) is 4.74 Å². The standard InChI is InChI=1S/C12H20N2O/c1-5-14(6-2)13-11-9-10(3)7-8-12(11)15-4/h7-9,13H,5-6H2,1-4H3. The molecule has 0 atom stereocenters. The summed E-state index contributed by atoms with van der Waals surface area (Å²) in [4.78, 5) is 0. The number of nitrogens with one attached hydrogen (secondary N) is 1. The second kappa shape index (κ2) is 5.61. The Hall–Kier alpha value is -1.22. The molecule has 3 heteroatoms. The van der Waals surface area contributed by atoms with Crippen molar-refractivity contribution in [3.8, 4) is 5.75 Å². The second-order valence-corrected chi connectivity index (χ2v) is 3.49. The Bertz CT molecular complexity index is 308. The van der Waals surface area contributed by atoms with E-state index in [1.54, 1.807) is 7.11 Å². The van der Waals surface area contributed by atoms with Gasteiger partial charge in [0.25, 0.3) is 0 Å². The summed E-state index contributed by atoms with van der Waals surface area (Å²) in [6.45, 7) is 8.26. The monoisotopic (exact) mass is 208 g/mol. The summed E-state index contributed by atoms with van der Waals surface area (Å²) >= 11 is 0. The van der Waals surface area contributed by atoms with E-state index in [1.165, 1.54) is 5.56 Å². The van der Waals surface area contributed by atoms with E-state index in [1.807, 2.05) is 12.1 Å². The fourth-order valence-electron chi connectivity index (χ4n) is 1.46. The zero-order valence-electron chi connectivity index (χ0n) is 10.0. The van der Waals surface area contributed by atoms with Crippen LogP contribution in [-0.4, -0.2) is 25.2 Å². The molecule has 0 aliphatic carbocycles. The molecule has 84 valence electrons. The fourth-order valence-corrected chi connectivity index (χ4v) is 1.46. The first kappa shape index (κ1) is 11.9. The maximum absolute atomic E-state index is 5.30. The first-order valence-electron chi connectivity index (χ1n) is 5.37. The van der Waals surface area contributed by atoms with Crippen molar-refractivity contribution in [3.05, 3.63) is 23.8 Å². The molecular formula is C12H20N2O. The molecule has 0 fully saturated rings. The quantitative estimate of drug-likeness (QED) is 0.753. The Morgan fingerprint density at radius 2 is 1.93 bits per heavy atom. The van der Waals surface area contributed by atoms with Gasteiger partial charge in [-0.15, -0.1) is 0 Å². The molecule has 1 aromatic rings. The molecule has 0 saturated carbocycles. The fraction of sp³-hybridized carbons (Fsp3) is 0.500. The van der Waals surface area contributed by atoms with Gasteiger partial charge >= 0.3 is 0 Å². The van der Waals surface area contributed by atoms with E-state index in [9.17, 15) is 0 Å². The van der Waals surface area contributed by atoms with Gasteiger partial charge in [0.15, 0.2) is 0 Å². The van der Waals surface area contributed by atoms with Crippen LogP contribution in [-0.2, 0) is 0 Å². The largest absolute Gasteiger partial charge is 0.495 e. The van der Waals surface area contributed by atoms with E-state index in [0.29, 0.717) is 0 Å². The minimum Gasteiger partial charge on any atom is -0.495 e. The van der Waals surface area contributed by atoms with Crippen molar-refractivity contribution in [1.29, 1.82) is 0 Å². The number of benzene rings is 1. The van der Waals surface area contributed by atoms with E-state index in [-0.39, 0.29) is 0 Å². The Labute approximate surface area is 92.0 Å². The van der Waals surface area contributed by atoms with Crippen LogP contribution in [0.15, 0.2) is 18.2 Å². The van der Waals surface area contributed by atoms with Gasteiger partial charge < -0.3 is 10.2 Å². The van der Waals surface area contributed by atoms with E-state index >= 15 is 0 Å². The summed E-state index contributed by atoms with van der Waals surface area (Å²) in [6.07, 6.45) is 0. The van der Waals surface area contributed by atoms with Crippen LogP contribution in [0, 0.1) is 6.92 Å². The minimum absolute atomic E-state index is 0.882. The number of ether oxygens (including phenoxy) is 1. The average molecular weight is 208 g/mol. The molecule has 0 spiro atoms. The van der Waals surface area contributed by atoms with Crippen LogP contribution < -0.4 is 10.2 Å². The molecule has 0 aliphatic rings. The van der Waals surface area contributed by atoms with Crippen LogP contribution >= 0.6 is 0 Å². The zero-order chi connectivity index (χ0) is 11.3. The van der Waals surface area contributed by atoms with Crippen molar-refractivity contribution in [3.63, 3.8) is 0 Å². The van der Waals surface area contributed by atoms with Crippen LogP contribution in [0.4, 0.5) is 5.69 Å². The summed E-state index contributed by atoms with van der Waals surface area (Å²) in [7, 11) is 1.69. The van der Waals surface area contributed by atoms with Gasteiger partial charge in [-0.2, -0.15) is 0 Å². The molecule has 1 aromatic carbocycles. The predicted molar refractivity (Wildman–Crippen MR) is 64.3 cm³/mol. The topological polar surface area (TPSA) is 24.5 Å². The van der Waals surface area contributed by atoms with Crippen molar-refractivity contribution in [2.75, 3.05) is 25.6 Å². The molecule has 1 N–H and O–H groups in total. The minimum atomic E-state index is 0.882. The lowest BCUT2D eigenvalue weighted by Crippen LogP contribution is -2.29. The van der Waals surface area contributed by atoms with Crippen LogP contribution in [0.1, 0.15) is 19.4 Å². The number of hydrazine groups is 1. The van der Waals surface area contributed by atoms with Gasteiger partial charge in [-0.25, -0.2) is 5.01 Å². The van der Waals surface area contributed by atoms with Gasteiger partial charge in [0, 0.05) is 13.1 Å². The third-order valence-electron chi connectivity index (χ3n) is 2.40. The number of anilines is 1. The normalized spacial score (nSPS) is 10.5. The van der Waals surface area contributed by atoms with E-state index in [2.05, 4.69) is 37.3 Å². The van der Waals surface area contributed by atoms with Crippen LogP contribution in [0.3, 0.4) is 0 Å². The average Bonchev–Trinajstić information content (AvgIpc) is 2.26. The van der Waals surface area contributed by atoms with Gasteiger partial charge in [0.2, 0.25) is 0 Å². The number of nitrogens with zero attached hydrogens (tertiary/aromatic N) is 1. The highest BCUT2D eigenvalue weighted by Crippen LogP contribution is 2.25. The highest BCUT2D eigenvalue weighted by Gasteiger charge is 2.05. The van der Waals surface area contributed by atoms with Crippen molar-refractivity contribution >= 4 is 5.69 Å². The lowest BCUT2D eigenvalue weighted by molar-refractivity contribution is 0.360. The summed E-state index contributed by atoms with van der Waals surface area (Å²) in [6, 6.07) is 6.13. The first-order chi connectivity index (χ1) is 7.21. The molecule has 0 unspecified atom stereocenters. The van der Waals surface area contributed by atoms with Crippen LogP contribution in [0.2, 0.25) is 0 Å². The third-order valence-corrected chi connectivity index (χ3v) is 2.40. The van der Waals surface area contributed by atoms with E-state index in [0.717, 1.165) is 24.5 Å². The third kappa shape index (κ3) is 3.13. The molecule has 0 bridgehead atoms. The predicted octanol–water partition coefficient (Wildman–Crippen LogP) is 2.67.